The molecule has 0 aliphatic heterocycles. The Labute approximate surface area is 145 Å². The van der Waals surface area contributed by atoms with Gasteiger partial charge in [0.15, 0.2) is 0 Å². The third-order valence-corrected chi connectivity index (χ3v) is 4.46. The number of nitrogens with one attached hydrogen (secondary N) is 1. The smallest absolute Gasteiger partial charge is 0.220 e. The summed E-state index contributed by atoms with van der Waals surface area (Å²) in [4.78, 5) is 13.0. The number of hydrogen-bond acceptors (Lipinski definition) is 4. The van der Waals surface area contributed by atoms with Crippen LogP contribution in [0.2, 0.25) is 0 Å². The Bertz CT molecular complexity index is 754. The molecule has 24 heavy (non-hydrogen) atoms. The molecule has 0 aliphatic rings. The average Bonchev–Trinajstić information content (AvgIpc) is 3.27. The molecule has 1 aromatic carbocycles. The molecule has 3 aromatic rings. The minimum absolute atomic E-state index is 0.0665. The van der Waals surface area contributed by atoms with Gasteiger partial charge in [-0.3, -0.25) is 9.48 Å². The summed E-state index contributed by atoms with van der Waals surface area (Å²) in [5.41, 5.74) is 0.936. The number of thioether (sulfide) groups is 1. The summed E-state index contributed by atoms with van der Waals surface area (Å²) in [5, 5.41) is 7.20. The van der Waals surface area contributed by atoms with Gasteiger partial charge in [0.1, 0.15) is 5.76 Å². The maximum absolute atomic E-state index is 11.8. The van der Waals surface area contributed by atoms with Crippen LogP contribution in [0.15, 0.2) is 70.4 Å². The van der Waals surface area contributed by atoms with Crippen LogP contribution in [-0.2, 0) is 11.3 Å². The normalized spacial score (nSPS) is 10.7. The van der Waals surface area contributed by atoms with Crippen molar-refractivity contribution in [2.24, 2.45) is 0 Å². The molecule has 2 heterocycles. The number of aromatic nitrogens is 2. The van der Waals surface area contributed by atoms with E-state index in [4.69, 9.17) is 4.42 Å². The Morgan fingerprint density at radius 2 is 2.08 bits per heavy atom. The van der Waals surface area contributed by atoms with Crippen molar-refractivity contribution < 1.29 is 9.21 Å². The number of rotatable bonds is 8. The standard InChI is InChI=1S/C18H19N3O2S/c22-18(8-12-24-16-5-2-1-3-6-16)19-9-10-21-14-15(13-20-21)17-7-4-11-23-17/h1-7,11,13-14H,8-10,12H2,(H,19,22). The molecular weight excluding hydrogens is 322 g/mol. The van der Waals surface area contributed by atoms with Gasteiger partial charge in [-0.05, 0) is 24.3 Å². The fourth-order valence-electron chi connectivity index (χ4n) is 2.23. The van der Waals surface area contributed by atoms with E-state index < -0.39 is 0 Å². The molecular formula is C18H19N3O2S. The molecule has 5 nitrogen and oxygen atoms in total. The van der Waals surface area contributed by atoms with Crippen LogP contribution in [0.3, 0.4) is 0 Å². The maximum atomic E-state index is 11.8. The molecule has 2 aromatic heterocycles. The predicted octanol–water partition coefficient (Wildman–Crippen LogP) is 3.44. The van der Waals surface area contributed by atoms with E-state index in [0.29, 0.717) is 19.5 Å². The van der Waals surface area contributed by atoms with E-state index >= 15 is 0 Å². The molecule has 0 fully saturated rings. The molecule has 0 atom stereocenters. The molecule has 0 bridgehead atoms. The molecule has 0 unspecified atom stereocenters. The van der Waals surface area contributed by atoms with Gasteiger partial charge in [0.2, 0.25) is 5.91 Å². The Hall–Kier alpha value is -2.47. The van der Waals surface area contributed by atoms with Crippen molar-refractivity contribution in [2.75, 3.05) is 12.3 Å². The molecule has 0 saturated carbocycles. The number of furan rings is 1. The first-order valence-electron chi connectivity index (χ1n) is 7.82. The van der Waals surface area contributed by atoms with Crippen LogP contribution in [0.4, 0.5) is 0 Å². The zero-order valence-corrected chi connectivity index (χ0v) is 14.0. The van der Waals surface area contributed by atoms with E-state index in [-0.39, 0.29) is 5.91 Å². The number of nitrogens with zero attached hydrogens (tertiary/aromatic N) is 2. The summed E-state index contributed by atoms with van der Waals surface area (Å²) >= 11 is 1.69. The van der Waals surface area contributed by atoms with Gasteiger partial charge < -0.3 is 9.73 Å². The molecule has 6 heteroatoms. The van der Waals surface area contributed by atoms with E-state index in [9.17, 15) is 4.79 Å². The van der Waals surface area contributed by atoms with Crippen LogP contribution in [0.1, 0.15) is 6.42 Å². The Kier molecular flexibility index (Phi) is 5.74. The molecule has 3 rings (SSSR count). The zero-order chi connectivity index (χ0) is 16.6. The fourth-order valence-corrected chi connectivity index (χ4v) is 3.11. The van der Waals surface area contributed by atoms with Gasteiger partial charge in [0.05, 0.1) is 24.6 Å². The minimum Gasteiger partial charge on any atom is -0.464 e. The monoisotopic (exact) mass is 341 g/mol. The van der Waals surface area contributed by atoms with Crippen molar-refractivity contribution in [3.8, 4) is 11.3 Å². The van der Waals surface area contributed by atoms with Crippen LogP contribution in [0.25, 0.3) is 11.3 Å². The molecule has 124 valence electrons. The first-order chi connectivity index (χ1) is 11.8. The molecule has 0 aliphatic carbocycles. The van der Waals surface area contributed by atoms with Crippen molar-refractivity contribution >= 4 is 17.7 Å². The second-order valence-electron chi connectivity index (χ2n) is 5.23. The number of amides is 1. The highest BCUT2D eigenvalue weighted by molar-refractivity contribution is 7.99. The van der Waals surface area contributed by atoms with Crippen LogP contribution in [0, 0.1) is 0 Å². The van der Waals surface area contributed by atoms with Crippen LogP contribution in [0.5, 0.6) is 0 Å². The Morgan fingerprint density at radius 1 is 1.21 bits per heavy atom. The van der Waals surface area contributed by atoms with E-state index in [0.717, 1.165) is 17.1 Å². The Morgan fingerprint density at radius 3 is 2.88 bits per heavy atom. The topological polar surface area (TPSA) is 60.1 Å². The van der Waals surface area contributed by atoms with Gasteiger partial charge in [-0.1, -0.05) is 18.2 Å². The minimum atomic E-state index is 0.0665. The Balaban J connectivity index is 1.35. The molecule has 0 spiro atoms. The lowest BCUT2D eigenvalue weighted by Crippen LogP contribution is -2.27. The summed E-state index contributed by atoms with van der Waals surface area (Å²) in [7, 11) is 0. The number of carbonyl (C=O) groups excluding carboxylic acids is 1. The fraction of sp³-hybridized carbons (Fsp3) is 0.222. The zero-order valence-electron chi connectivity index (χ0n) is 13.2. The average molecular weight is 341 g/mol. The lowest BCUT2D eigenvalue weighted by atomic mass is 10.3. The SMILES string of the molecule is O=C(CCSc1ccccc1)NCCn1cc(-c2ccco2)cn1. The predicted molar refractivity (Wildman–Crippen MR) is 94.7 cm³/mol. The van der Waals surface area contributed by atoms with Gasteiger partial charge in [0, 0.05) is 29.8 Å². The first-order valence-corrected chi connectivity index (χ1v) is 8.81. The van der Waals surface area contributed by atoms with Crippen molar-refractivity contribution in [3.05, 3.63) is 61.1 Å². The van der Waals surface area contributed by atoms with E-state index in [1.165, 1.54) is 4.90 Å². The number of hydrogen-bond donors (Lipinski definition) is 1. The van der Waals surface area contributed by atoms with Crippen LogP contribution >= 0.6 is 11.8 Å². The third kappa shape index (κ3) is 4.76. The highest BCUT2D eigenvalue weighted by atomic mass is 32.2. The molecule has 1 amide bonds. The highest BCUT2D eigenvalue weighted by Gasteiger charge is 2.05. The second-order valence-corrected chi connectivity index (χ2v) is 6.40. The van der Waals surface area contributed by atoms with Gasteiger partial charge in [-0.25, -0.2) is 0 Å². The maximum Gasteiger partial charge on any atom is 0.220 e. The third-order valence-electron chi connectivity index (χ3n) is 3.44. The van der Waals surface area contributed by atoms with Crippen LogP contribution < -0.4 is 5.32 Å². The number of carbonyl (C=O) groups is 1. The van der Waals surface area contributed by atoms with Gasteiger partial charge in [0.25, 0.3) is 0 Å². The van der Waals surface area contributed by atoms with Crippen molar-refractivity contribution in [3.63, 3.8) is 0 Å². The summed E-state index contributed by atoms with van der Waals surface area (Å²) in [5.74, 6) is 1.64. The first kappa shape index (κ1) is 16.4. The van der Waals surface area contributed by atoms with Gasteiger partial charge in [-0.2, -0.15) is 5.10 Å². The van der Waals surface area contributed by atoms with Gasteiger partial charge in [-0.15, -0.1) is 11.8 Å². The molecule has 0 saturated heterocycles. The highest BCUT2D eigenvalue weighted by Crippen LogP contribution is 2.18. The van der Waals surface area contributed by atoms with Gasteiger partial charge >= 0.3 is 0 Å². The summed E-state index contributed by atoms with van der Waals surface area (Å²) in [6.45, 7) is 1.20. The molecule has 1 N–H and O–H groups in total. The summed E-state index contributed by atoms with van der Waals surface area (Å²) < 4.78 is 7.13. The largest absolute Gasteiger partial charge is 0.464 e. The van der Waals surface area contributed by atoms with Crippen molar-refractivity contribution in [1.82, 2.24) is 15.1 Å². The van der Waals surface area contributed by atoms with Crippen molar-refractivity contribution in [2.45, 2.75) is 17.9 Å². The van der Waals surface area contributed by atoms with E-state index in [1.807, 2.05) is 36.5 Å². The number of benzene rings is 1. The van der Waals surface area contributed by atoms with Crippen LogP contribution in [-0.4, -0.2) is 28.0 Å². The second kappa shape index (κ2) is 8.40. The summed E-state index contributed by atoms with van der Waals surface area (Å²) in [6, 6.07) is 13.8. The lowest BCUT2D eigenvalue weighted by molar-refractivity contribution is -0.120. The quantitative estimate of drug-likeness (QED) is 0.638. The van der Waals surface area contributed by atoms with Crippen molar-refractivity contribution in [1.29, 1.82) is 0 Å². The lowest BCUT2D eigenvalue weighted by Gasteiger charge is -2.05. The van der Waals surface area contributed by atoms with E-state index in [1.54, 1.807) is 28.9 Å². The summed E-state index contributed by atoms with van der Waals surface area (Å²) in [6.07, 6.45) is 5.82. The van der Waals surface area contributed by atoms with E-state index in [2.05, 4.69) is 22.5 Å². The molecule has 0 radical (unpaired) electrons.